The second-order valence-corrected chi connectivity index (χ2v) is 6.27. The smallest absolute Gasteiger partial charge is 0.341 e. The summed E-state index contributed by atoms with van der Waals surface area (Å²) in [5, 5.41) is 7.39. The molecule has 0 aliphatic carbocycles. The monoisotopic (exact) mass is 406 g/mol. The number of hydrogen-bond acceptors (Lipinski definition) is 3. The van der Waals surface area contributed by atoms with Crippen molar-refractivity contribution in [2.24, 2.45) is 0 Å². The molecule has 0 saturated heterocycles. The fourth-order valence-electron chi connectivity index (χ4n) is 2.79. The maximum absolute atomic E-state index is 14.3. The summed E-state index contributed by atoms with van der Waals surface area (Å²) in [5.41, 5.74) is -0.268. The number of benzene rings is 2. The van der Waals surface area contributed by atoms with Crippen LogP contribution in [0.1, 0.15) is 29.5 Å². The van der Waals surface area contributed by atoms with Gasteiger partial charge in [0.1, 0.15) is 11.5 Å². The molecule has 3 aromatic rings. The third-order valence-electron chi connectivity index (χ3n) is 4.14. The fourth-order valence-corrected chi connectivity index (χ4v) is 2.79. The van der Waals surface area contributed by atoms with Crippen LogP contribution in [0.2, 0.25) is 0 Å². The summed E-state index contributed by atoms with van der Waals surface area (Å²) in [7, 11) is 0. The molecule has 1 aromatic heterocycles. The Labute approximate surface area is 164 Å². The van der Waals surface area contributed by atoms with Crippen molar-refractivity contribution in [3.05, 3.63) is 71.8 Å². The quantitative estimate of drug-likeness (QED) is 0.541. The number of para-hydroxylation sites is 1. The third-order valence-corrected chi connectivity index (χ3v) is 4.14. The predicted octanol–water partition coefficient (Wildman–Crippen LogP) is 5.37. The topological polar surface area (TPSA) is 61.0 Å². The zero-order valence-corrected chi connectivity index (χ0v) is 15.4. The number of amides is 1. The minimum atomic E-state index is -4.68. The van der Waals surface area contributed by atoms with Gasteiger partial charge < -0.3 is 10.2 Å². The SMILES string of the molecule is CCCN(c1ccccc1)c1ccc(F)c(NC(=O)c2cc(C(F)(F)F)n[nH]2)c1. The summed E-state index contributed by atoms with van der Waals surface area (Å²) < 4.78 is 52.2. The van der Waals surface area contributed by atoms with E-state index >= 15 is 0 Å². The summed E-state index contributed by atoms with van der Waals surface area (Å²) in [6.07, 6.45) is -3.86. The Morgan fingerprint density at radius 3 is 2.45 bits per heavy atom. The number of alkyl halides is 3. The van der Waals surface area contributed by atoms with E-state index in [2.05, 4.69) is 10.4 Å². The maximum atomic E-state index is 14.3. The number of nitrogens with zero attached hydrogens (tertiary/aromatic N) is 2. The highest BCUT2D eigenvalue weighted by molar-refractivity contribution is 6.03. The van der Waals surface area contributed by atoms with Gasteiger partial charge in [-0.2, -0.15) is 18.3 Å². The molecule has 0 saturated carbocycles. The molecule has 1 heterocycles. The average Bonchev–Trinajstić information content (AvgIpc) is 3.20. The molecule has 0 spiro atoms. The van der Waals surface area contributed by atoms with Gasteiger partial charge in [0, 0.05) is 24.0 Å². The van der Waals surface area contributed by atoms with Gasteiger partial charge in [-0.15, -0.1) is 0 Å². The molecule has 0 atom stereocenters. The summed E-state index contributed by atoms with van der Waals surface area (Å²) in [6.45, 7) is 2.65. The van der Waals surface area contributed by atoms with Gasteiger partial charge in [-0.1, -0.05) is 25.1 Å². The van der Waals surface area contributed by atoms with Gasteiger partial charge in [0.05, 0.1) is 5.69 Å². The molecule has 5 nitrogen and oxygen atoms in total. The van der Waals surface area contributed by atoms with Crippen LogP contribution in [-0.2, 0) is 6.18 Å². The Morgan fingerprint density at radius 1 is 1.10 bits per heavy atom. The van der Waals surface area contributed by atoms with Gasteiger partial charge in [0.25, 0.3) is 5.91 Å². The minimum absolute atomic E-state index is 0.146. The van der Waals surface area contributed by atoms with Crippen LogP contribution in [0.25, 0.3) is 0 Å². The van der Waals surface area contributed by atoms with Crippen LogP contribution in [0.4, 0.5) is 34.6 Å². The van der Waals surface area contributed by atoms with Crippen LogP contribution in [0.15, 0.2) is 54.6 Å². The molecule has 0 aliphatic heterocycles. The number of H-pyrrole nitrogens is 1. The number of hydrogen-bond donors (Lipinski definition) is 2. The first kappa shape index (κ1) is 20.4. The molecular formula is C20H18F4N4O. The predicted molar refractivity (Wildman–Crippen MR) is 102 cm³/mol. The normalized spacial score (nSPS) is 11.3. The second-order valence-electron chi connectivity index (χ2n) is 6.27. The molecule has 2 aromatic carbocycles. The molecule has 0 unspecified atom stereocenters. The van der Waals surface area contributed by atoms with Crippen LogP contribution in [0.5, 0.6) is 0 Å². The van der Waals surface area contributed by atoms with E-state index in [0.29, 0.717) is 18.3 Å². The summed E-state index contributed by atoms with van der Waals surface area (Å²) in [6, 6.07) is 14.2. The lowest BCUT2D eigenvalue weighted by molar-refractivity contribution is -0.141. The van der Waals surface area contributed by atoms with Crippen molar-refractivity contribution >= 4 is 23.0 Å². The van der Waals surface area contributed by atoms with Crippen molar-refractivity contribution in [2.45, 2.75) is 19.5 Å². The molecule has 29 heavy (non-hydrogen) atoms. The van der Waals surface area contributed by atoms with Crippen molar-refractivity contribution in [3.8, 4) is 0 Å². The van der Waals surface area contributed by atoms with Crippen molar-refractivity contribution < 1.29 is 22.4 Å². The molecule has 0 radical (unpaired) electrons. The van der Waals surface area contributed by atoms with Gasteiger partial charge in [-0.25, -0.2) is 4.39 Å². The highest BCUT2D eigenvalue weighted by atomic mass is 19.4. The Bertz CT molecular complexity index is 986. The van der Waals surface area contributed by atoms with E-state index < -0.39 is 29.3 Å². The van der Waals surface area contributed by atoms with Gasteiger partial charge in [0.2, 0.25) is 0 Å². The van der Waals surface area contributed by atoms with E-state index in [1.807, 2.05) is 47.3 Å². The van der Waals surface area contributed by atoms with Gasteiger partial charge >= 0.3 is 6.18 Å². The zero-order chi connectivity index (χ0) is 21.0. The van der Waals surface area contributed by atoms with E-state index in [4.69, 9.17) is 0 Å². The molecule has 0 fully saturated rings. The largest absolute Gasteiger partial charge is 0.435 e. The first-order chi connectivity index (χ1) is 13.8. The Hall–Kier alpha value is -3.36. The fraction of sp³-hybridized carbons (Fsp3) is 0.200. The number of anilines is 3. The molecule has 0 bridgehead atoms. The van der Waals surface area contributed by atoms with E-state index in [1.165, 1.54) is 12.1 Å². The van der Waals surface area contributed by atoms with E-state index in [-0.39, 0.29) is 5.69 Å². The van der Waals surface area contributed by atoms with Crippen molar-refractivity contribution in [1.29, 1.82) is 0 Å². The highest BCUT2D eigenvalue weighted by Crippen LogP contribution is 2.30. The van der Waals surface area contributed by atoms with E-state index in [0.717, 1.165) is 12.1 Å². The van der Waals surface area contributed by atoms with Crippen molar-refractivity contribution in [2.75, 3.05) is 16.8 Å². The first-order valence-corrected chi connectivity index (χ1v) is 8.85. The van der Waals surface area contributed by atoms with Gasteiger partial charge in [-0.05, 0) is 36.8 Å². The Balaban J connectivity index is 1.87. The summed E-state index contributed by atoms with van der Waals surface area (Å²) in [5.74, 6) is -1.63. The number of rotatable bonds is 6. The summed E-state index contributed by atoms with van der Waals surface area (Å²) >= 11 is 0. The lowest BCUT2D eigenvalue weighted by Crippen LogP contribution is -2.19. The second kappa shape index (κ2) is 8.34. The molecule has 152 valence electrons. The van der Waals surface area contributed by atoms with Crippen molar-refractivity contribution in [1.82, 2.24) is 10.2 Å². The lowest BCUT2D eigenvalue weighted by Gasteiger charge is -2.25. The lowest BCUT2D eigenvalue weighted by atomic mass is 10.2. The number of aromatic nitrogens is 2. The number of halogens is 4. The molecule has 3 rings (SSSR count). The van der Waals surface area contributed by atoms with Crippen LogP contribution >= 0.6 is 0 Å². The first-order valence-electron chi connectivity index (χ1n) is 8.85. The molecular weight excluding hydrogens is 388 g/mol. The number of carbonyl (C=O) groups is 1. The zero-order valence-electron chi connectivity index (χ0n) is 15.4. The molecule has 0 aliphatic rings. The highest BCUT2D eigenvalue weighted by Gasteiger charge is 2.34. The molecule has 2 N–H and O–H groups in total. The standard InChI is InChI=1S/C20H18F4N4O/c1-2-10-28(13-6-4-3-5-7-13)14-8-9-15(21)16(11-14)25-19(29)17-12-18(27-26-17)20(22,23)24/h3-9,11-12H,2,10H2,1H3,(H,25,29)(H,26,27). The maximum Gasteiger partial charge on any atom is 0.435 e. The van der Waals surface area contributed by atoms with Crippen LogP contribution in [0, 0.1) is 5.82 Å². The Morgan fingerprint density at radius 2 is 1.83 bits per heavy atom. The minimum Gasteiger partial charge on any atom is -0.341 e. The van der Waals surface area contributed by atoms with Gasteiger partial charge in [-0.3, -0.25) is 9.89 Å². The molecule has 9 heteroatoms. The van der Waals surface area contributed by atoms with Crippen molar-refractivity contribution in [3.63, 3.8) is 0 Å². The number of nitrogens with one attached hydrogen (secondary N) is 2. The number of aromatic amines is 1. The van der Waals surface area contributed by atoms with E-state index in [1.54, 1.807) is 6.07 Å². The Kier molecular flexibility index (Phi) is 5.86. The van der Waals surface area contributed by atoms with Crippen LogP contribution in [0.3, 0.4) is 0 Å². The summed E-state index contributed by atoms with van der Waals surface area (Å²) in [4.78, 5) is 14.2. The molecule has 1 amide bonds. The van der Waals surface area contributed by atoms with E-state index in [9.17, 15) is 22.4 Å². The van der Waals surface area contributed by atoms with Crippen LogP contribution < -0.4 is 10.2 Å². The van der Waals surface area contributed by atoms with Gasteiger partial charge in [0.15, 0.2) is 5.69 Å². The van der Waals surface area contributed by atoms with Crippen LogP contribution in [-0.4, -0.2) is 22.6 Å². The third kappa shape index (κ3) is 4.74. The average molecular weight is 406 g/mol. The number of carbonyl (C=O) groups excluding carboxylic acids is 1.